The minimum Gasteiger partial charge on any atom is -0.299 e. The Balaban J connectivity index is 1.46. The molecule has 126 valence electrons. The molecule has 0 radical (unpaired) electrons. The molecule has 0 saturated carbocycles. The highest BCUT2D eigenvalue weighted by Crippen LogP contribution is 2.16. The molecule has 0 aliphatic carbocycles. The van der Waals surface area contributed by atoms with Crippen LogP contribution in [0.1, 0.15) is 28.8 Å². The Morgan fingerprint density at radius 1 is 1.04 bits per heavy atom. The fourth-order valence-electron chi connectivity index (χ4n) is 3.13. The van der Waals surface area contributed by atoms with Crippen molar-refractivity contribution >= 4 is 17.4 Å². The van der Waals surface area contributed by atoms with Crippen molar-refractivity contribution in [3.63, 3.8) is 0 Å². The zero-order valence-electron chi connectivity index (χ0n) is 13.7. The Morgan fingerprint density at radius 2 is 1.62 bits per heavy atom. The lowest BCUT2D eigenvalue weighted by Crippen LogP contribution is -2.46. The fourth-order valence-corrected chi connectivity index (χ4v) is 3.43. The molecule has 2 aromatic rings. The number of piperidine rings is 1. The number of benzene rings is 2. The molecule has 0 spiro atoms. The van der Waals surface area contributed by atoms with Gasteiger partial charge in [-0.2, -0.15) is 0 Å². The van der Waals surface area contributed by atoms with Gasteiger partial charge in [0, 0.05) is 18.2 Å². The molecular weight excluding hydrogens is 320 g/mol. The Hall–Kier alpha value is -1.68. The summed E-state index contributed by atoms with van der Waals surface area (Å²) in [5.74, 6) is -0.0519. The maximum atomic E-state index is 12.3. The fraction of sp³-hybridized carbons (Fsp3) is 0.350. The summed E-state index contributed by atoms with van der Waals surface area (Å²) in [6.45, 7) is 3.03. The highest BCUT2D eigenvalue weighted by Gasteiger charge is 2.24. The van der Waals surface area contributed by atoms with E-state index in [2.05, 4.69) is 34.5 Å². The topological polar surface area (TPSA) is 32.3 Å². The van der Waals surface area contributed by atoms with Gasteiger partial charge in [0.15, 0.2) is 5.78 Å². The van der Waals surface area contributed by atoms with Crippen LogP contribution in [0.15, 0.2) is 60.7 Å². The monoisotopic (exact) mass is 342 g/mol. The van der Waals surface area contributed by atoms with Crippen LogP contribution in [0, 0.1) is 0 Å². The van der Waals surface area contributed by atoms with Crippen LogP contribution < -0.4 is 5.32 Å². The van der Waals surface area contributed by atoms with Crippen molar-refractivity contribution in [2.24, 2.45) is 0 Å². The van der Waals surface area contributed by atoms with Crippen molar-refractivity contribution in [1.29, 1.82) is 0 Å². The Kier molecular flexibility index (Phi) is 6.02. The standard InChI is InChI=1S/C20H23ClN2O/c21-20(19(24)17-9-5-2-6-10-17)22-18-11-13-23(14-12-18)15-16-7-3-1-4-8-16/h1-10,18,20,22H,11-15H2. The van der Waals surface area contributed by atoms with Crippen LogP contribution in [0.4, 0.5) is 0 Å². The predicted octanol–water partition coefficient (Wildman–Crippen LogP) is 3.69. The molecule has 0 aromatic heterocycles. The lowest BCUT2D eigenvalue weighted by molar-refractivity contribution is 0.0961. The van der Waals surface area contributed by atoms with Crippen LogP contribution in [-0.2, 0) is 6.54 Å². The molecule has 1 fully saturated rings. The zero-order valence-corrected chi connectivity index (χ0v) is 14.5. The lowest BCUT2D eigenvalue weighted by Gasteiger charge is -2.33. The van der Waals surface area contributed by atoms with Gasteiger partial charge in [0.25, 0.3) is 0 Å². The largest absolute Gasteiger partial charge is 0.299 e. The van der Waals surface area contributed by atoms with E-state index in [1.807, 2.05) is 36.4 Å². The van der Waals surface area contributed by atoms with E-state index in [0.29, 0.717) is 11.6 Å². The van der Waals surface area contributed by atoms with Gasteiger partial charge in [-0.25, -0.2) is 0 Å². The molecule has 1 unspecified atom stereocenters. The molecule has 24 heavy (non-hydrogen) atoms. The van der Waals surface area contributed by atoms with Gasteiger partial charge in [0.2, 0.25) is 0 Å². The summed E-state index contributed by atoms with van der Waals surface area (Å²) < 4.78 is 0. The Bertz CT molecular complexity index is 639. The highest BCUT2D eigenvalue weighted by molar-refractivity contribution is 6.33. The first-order valence-corrected chi connectivity index (χ1v) is 8.91. The normalized spacial score (nSPS) is 17.5. The number of likely N-dealkylation sites (tertiary alicyclic amines) is 1. The van der Waals surface area contributed by atoms with Crippen molar-refractivity contribution in [2.45, 2.75) is 30.9 Å². The second-order valence-electron chi connectivity index (χ2n) is 6.30. The maximum Gasteiger partial charge on any atom is 0.194 e. The van der Waals surface area contributed by atoms with Crippen LogP contribution >= 0.6 is 11.6 Å². The van der Waals surface area contributed by atoms with E-state index in [0.717, 1.165) is 32.5 Å². The first-order valence-electron chi connectivity index (χ1n) is 8.48. The first-order chi connectivity index (χ1) is 11.7. The lowest BCUT2D eigenvalue weighted by atomic mass is 10.0. The molecular formula is C20H23ClN2O. The first kappa shape index (κ1) is 17.2. The molecule has 1 aliphatic heterocycles. The zero-order chi connectivity index (χ0) is 16.8. The molecule has 3 rings (SSSR count). The summed E-state index contributed by atoms with van der Waals surface area (Å²) in [6, 6.07) is 20.1. The van der Waals surface area contributed by atoms with E-state index in [-0.39, 0.29) is 5.78 Å². The van der Waals surface area contributed by atoms with Gasteiger partial charge in [-0.1, -0.05) is 72.3 Å². The number of halogens is 1. The number of nitrogens with zero attached hydrogens (tertiary/aromatic N) is 1. The molecule has 1 atom stereocenters. The number of carbonyl (C=O) groups is 1. The van der Waals surface area contributed by atoms with Gasteiger partial charge in [0.1, 0.15) is 5.50 Å². The summed E-state index contributed by atoms with van der Waals surface area (Å²) >= 11 is 6.29. The number of carbonyl (C=O) groups excluding carboxylic acids is 1. The van der Waals surface area contributed by atoms with Crippen molar-refractivity contribution in [3.05, 3.63) is 71.8 Å². The van der Waals surface area contributed by atoms with Crippen molar-refractivity contribution in [1.82, 2.24) is 10.2 Å². The minimum absolute atomic E-state index is 0.0519. The van der Waals surface area contributed by atoms with E-state index < -0.39 is 5.50 Å². The van der Waals surface area contributed by atoms with Gasteiger partial charge < -0.3 is 0 Å². The third-order valence-electron chi connectivity index (χ3n) is 4.51. The van der Waals surface area contributed by atoms with Crippen molar-refractivity contribution in [2.75, 3.05) is 13.1 Å². The number of rotatable bonds is 6. The summed E-state index contributed by atoms with van der Waals surface area (Å²) in [7, 11) is 0. The van der Waals surface area contributed by atoms with Crippen LogP contribution in [0.25, 0.3) is 0 Å². The van der Waals surface area contributed by atoms with Crippen LogP contribution in [0.5, 0.6) is 0 Å². The Morgan fingerprint density at radius 3 is 2.25 bits per heavy atom. The van der Waals surface area contributed by atoms with Crippen molar-refractivity contribution < 1.29 is 4.79 Å². The molecule has 0 bridgehead atoms. The van der Waals surface area contributed by atoms with Crippen LogP contribution in [-0.4, -0.2) is 35.3 Å². The molecule has 0 amide bonds. The molecule has 1 saturated heterocycles. The maximum absolute atomic E-state index is 12.3. The quantitative estimate of drug-likeness (QED) is 0.493. The number of ketones is 1. The summed E-state index contributed by atoms with van der Waals surface area (Å²) in [5, 5.41) is 3.29. The SMILES string of the molecule is O=C(c1ccccc1)C(Cl)NC1CCN(Cc2ccccc2)CC1. The molecule has 3 nitrogen and oxygen atoms in total. The van der Waals surface area contributed by atoms with E-state index in [1.165, 1.54) is 5.56 Å². The third-order valence-corrected chi connectivity index (χ3v) is 4.83. The molecule has 1 aliphatic rings. The van der Waals surface area contributed by atoms with Gasteiger partial charge >= 0.3 is 0 Å². The number of Topliss-reactive ketones (excluding diaryl/α,β-unsaturated/α-hetero) is 1. The van der Waals surface area contributed by atoms with Crippen LogP contribution in [0.3, 0.4) is 0 Å². The van der Waals surface area contributed by atoms with Crippen molar-refractivity contribution in [3.8, 4) is 0 Å². The van der Waals surface area contributed by atoms with E-state index >= 15 is 0 Å². The second kappa shape index (κ2) is 8.43. The molecule has 1 N–H and O–H groups in total. The smallest absolute Gasteiger partial charge is 0.194 e. The highest BCUT2D eigenvalue weighted by atomic mass is 35.5. The second-order valence-corrected chi connectivity index (χ2v) is 6.73. The Labute approximate surface area is 148 Å². The van der Waals surface area contributed by atoms with Gasteiger partial charge in [-0.15, -0.1) is 0 Å². The molecule has 4 heteroatoms. The average Bonchev–Trinajstić information content (AvgIpc) is 2.64. The summed E-state index contributed by atoms with van der Waals surface area (Å²) in [5.41, 5.74) is 1.35. The average molecular weight is 343 g/mol. The van der Waals surface area contributed by atoms with E-state index in [4.69, 9.17) is 11.6 Å². The molecule has 2 aromatic carbocycles. The minimum atomic E-state index is -0.655. The van der Waals surface area contributed by atoms with E-state index in [1.54, 1.807) is 0 Å². The molecule has 1 heterocycles. The summed E-state index contributed by atoms with van der Waals surface area (Å²) in [6.07, 6.45) is 2.02. The number of hydrogen-bond acceptors (Lipinski definition) is 3. The number of alkyl halides is 1. The summed E-state index contributed by atoms with van der Waals surface area (Å²) in [4.78, 5) is 14.8. The number of nitrogens with one attached hydrogen (secondary N) is 1. The van der Waals surface area contributed by atoms with Gasteiger partial charge in [0.05, 0.1) is 0 Å². The van der Waals surface area contributed by atoms with Gasteiger partial charge in [-0.05, 0) is 31.5 Å². The van der Waals surface area contributed by atoms with Crippen LogP contribution in [0.2, 0.25) is 0 Å². The third kappa shape index (κ3) is 4.67. The van der Waals surface area contributed by atoms with E-state index in [9.17, 15) is 4.79 Å². The predicted molar refractivity (Wildman–Crippen MR) is 98.3 cm³/mol. The number of hydrogen-bond donors (Lipinski definition) is 1. The van der Waals surface area contributed by atoms with Gasteiger partial charge in [-0.3, -0.25) is 15.0 Å².